The Labute approximate surface area is 169 Å². The van der Waals surface area contributed by atoms with E-state index < -0.39 is 0 Å². The predicted molar refractivity (Wildman–Crippen MR) is 112 cm³/mol. The molecule has 1 aliphatic heterocycles. The van der Waals surface area contributed by atoms with Crippen LogP contribution in [0.2, 0.25) is 5.02 Å². The van der Waals surface area contributed by atoms with Crippen molar-refractivity contribution in [1.29, 1.82) is 0 Å². The Bertz CT molecular complexity index is 990. The lowest BCUT2D eigenvalue weighted by molar-refractivity contribution is 0.277. The summed E-state index contributed by atoms with van der Waals surface area (Å²) in [6, 6.07) is 7.81. The molecular formula is C21H26ClN3O3. The van der Waals surface area contributed by atoms with E-state index in [0.717, 1.165) is 25.0 Å². The minimum atomic E-state index is -0.382. The minimum Gasteiger partial charge on any atom is -0.396 e. The maximum atomic E-state index is 12.9. The van der Waals surface area contributed by atoms with Crippen LogP contribution in [0, 0.1) is 5.92 Å². The Morgan fingerprint density at radius 1 is 1.25 bits per heavy atom. The molecule has 1 aromatic carbocycles. The molecule has 0 saturated carbocycles. The molecule has 28 heavy (non-hydrogen) atoms. The summed E-state index contributed by atoms with van der Waals surface area (Å²) in [5.41, 5.74) is 2.11. The first-order valence-corrected chi connectivity index (χ1v) is 10.1. The van der Waals surface area contributed by atoms with Gasteiger partial charge in [-0.1, -0.05) is 30.7 Å². The molecule has 0 radical (unpaired) electrons. The van der Waals surface area contributed by atoms with Crippen LogP contribution in [0.25, 0.3) is 0 Å². The predicted octanol–water partition coefficient (Wildman–Crippen LogP) is 2.87. The second-order valence-electron chi connectivity index (χ2n) is 7.20. The highest BCUT2D eigenvalue weighted by Crippen LogP contribution is 2.27. The van der Waals surface area contributed by atoms with Crippen molar-refractivity contribution >= 4 is 23.1 Å². The number of benzene rings is 1. The Balaban J connectivity index is 2.00. The Kier molecular flexibility index (Phi) is 6.52. The first kappa shape index (κ1) is 20.6. The third kappa shape index (κ3) is 4.13. The van der Waals surface area contributed by atoms with E-state index in [4.69, 9.17) is 21.7 Å². The van der Waals surface area contributed by atoms with Gasteiger partial charge in [0.2, 0.25) is 0 Å². The fourth-order valence-corrected chi connectivity index (χ4v) is 3.94. The van der Waals surface area contributed by atoms with Crippen LogP contribution in [-0.4, -0.2) is 26.6 Å². The molecule has 1 atom stereocenters. The van der Waals surface area contributed by atoms with Crippen LogP contribution in [0.15, 0.2) is 38.8 Å². The molecule has 7 heteroatoms. The highest BCUT2D eigenvalue weighted by Gasteiger charge is 2.25. The number of aliphatic hydroxyl groups excluding tert-OH is 1. The van der Waals surface area contributed by atoms with Gasteiger partial charge in [0.05, 0.1) is 5.56 Å². The number of hydrogen-bond donors (Lipinski definition) is 1. The van der Waals surface area contributed by atoms with E-state index in [9.17, 15) is 9.59 Å². The van der Waals surface area contributed by atoms with Gasteiger partial charge in [0, 0.05) is 36.9 Å². The molecule has 1 N–H and O–H groups in total. The molecule has 3 rings (SSSR count). The second kappa shape index (κ2) is 8.88. The van der Waals surface area contributed by atoms with Crippen molar-refractivity contribution in [2.45, 2.75) is 45.6 Å². The molecule has 0 amide bonds. The van der Waals surface area contributed by atoms with E-state index in [1.54, 1.807) is 7.05 Å². The molecule has 0 saturated heterocycles. The summed E-state index contributed by atoms with van der Waals surface area (Å²) in [5, 5.41) is 9.77. The molecule has 1 aromatic heterocycles. The maximum Gasteiger partial charge on any atom is 0.332 e. The molecule has 0 aliphatic carbocycles. The Morgan fingerprint density at radius 2 is 1.96 bits per heavy atom. The van der Waals surface area contributed by atoms with Crippen molar-refractivity contribution in [1.82, 2.24) is 9.13 Å². The lowest BCUT2D eigenvalue weighted by atomic mass is 9.89. The zero-order chi connectivity index (χ0) is 20.3. The summed E-state index contributed by atoms with van der Waals surface area (Å²) >= 11 is 5.99. The maximum absolute atomic E-state index is 12.9. The summed E-state index contributed by atoms with van der Waals surface area (Å²) in [7, 11) is 1.66. The molecule has 1 unspecified atom stereocenters. The van der Waals surface area contributed by atoms with Crippen molar-refractivity contribution in [3.63, 3.8) is 0 Å². The van der Waals surface area contributed by atoms with Crippen LogP contribution in [0.4, 0.5) is 5.82 Å². The van der Waals surface area contributed by atoms with Gasteiger partial charge in [0.1, 0.15) is 5.82 Å². The summed E-state index contributed by atoms with van der Waals surface area (Å²) in [5.74, 6) is 0.685. The van der Waals surface area contributed by atoms with E-state index in [-0.39, 0.29) is 30.3 Å². The Morgan fingerprint density at radius 3 is 2.61 bits per heavy atom. The van der Waals surface area contributed by atoms with Gasteiger partial charge < -0.3 is 5.11 Å². The normalized spacial score (nSPS) is 16.4. The molecule has 0 spiro atoms. The van der Waals surface area contributed by atoms with Crippen LogP contribution < -0.4 is 11.2 Å². The summed E-state index contributed by atoms with van der Waals surface area (Å²) in [4.78, 5) is 30.4. The average molecular weight is 404 g/mol. The number of aromatic nitrogens is 2. The largest absolute Gasteiger partial charge is 0.396 e. The standard InChI is InChI=1S/C21H26ClN3O3/c1-3-18-15(13-14-5-8-16(22)9-6-14)7-10-17-19(23-18)24(2)21(28)25(20(17)27)11-4-12-26/h5-6,8-9,15,26H,3-4,7,10-13H2,1-2H3. The number of aliphatic hydroxyl groups is 1. The second-order valence-corrected chi connectivity index (χ2v) is 7.64. The average Bonchev–Trinajstić information content (AvgIpc) is 2.88. The van der Waals surface area contributed by atoms with Crippen LogP contribution in [0.1, 0.15) is 37.3 Å². The molecule has 2 heterocycles. The highest BCUT2D eigenvalue weighted by molar-refractivity contribution is 6.30. The van der Waals surface area contributed by atoms with Crippen molar-refractivity contribution in [3.8, 4) is 0 Å². The van der Waals surface area contributed by atoms with Gasteiger partial charge >= 0.3 is 5.69 Å². The lowest BCUT2D eigenvalue weighted by Crippen LogP contribution is -2.41. The van der Waals surface area contributed by atoms with Crippen molar-refractivity contribution in [3.05, 3.63) is 61.3 Å². The van der Waals surface area contributed by atoms with Gasteiger partial charge in [0.15, 0.2) is 0 Å². The number of hydrogen-bond acceptors (Lipinski definition) is 4. The topological polar surface area (TPSA) is 76.6 Å². The van der Waals surface area contributed by atoms with Gasteiger partial charge in [-0.05, 0) is 49.8 Å². The summed E-state index contributed by atoms with van der Waals surface area (Å²) < 4.78 is 2.68. The van der Waals surface area contributed by atoms with E-state index >= 15 is 0 Å². The highest BCUT2D eigenvalue weighted by atomic mass is 35.5. The van der Waals surface area contributed by atoms with Gasteiger partial charge in [-0.2, -0.15) is 0 Å². The van der Waals surface area contributed by atoms with Gasteiger partial charge in [-0.15, -0.1) is 0 Å². The Hall–Kier alpha value is -2.18. The van der Waals surface area contributed by atoms with Gasteiger partial charge in [-0.25, -0.2) is 9.79 Å². The van der Waals surface area contributed by atoms with E-state index in [2.05, 4.69) is 6.92 Å². The van der Waals surface area contributed by atoms with E-state index in [1.807, 2.05) is 24.3 Å². The monoisotopic (exact) mass is 403 g/mol. The minimum absolute atomic E-state index is 0.0615. The van der Waals surface area contributed by atoms with Crippen LogP contribution in [0.3, 0.4) is 0 Å². The summed E-state index contributed by atoms with van der Waals surface area (Å²) in [6.07, 6.45) is 3.34. The van der Waals surface area contributed by atoms with Crippen LogP contribution in [0.5, 0.6) is 0 Å². The summed E-state index contributed by atoms with van der Waals surface area (Å²) in [6.45, 7) is 2.21. The van der Waals surface area contributed by atoms with Crippen LogP contribution >= 0.6 is 11.6 Å². The SMILES string of the molecule is CCC1=Nc2c(c(=O)n(CCCO)c(=O)n2C)CCC1Cc1ccc(Cl)cc1. The number of nitrogens with zero attached hydrogens (tertiary/aromatic N) is 3. The smallest absolute Gasteiger partial charge is 0.332 e. The third-order valence-corrected chi connectivity index (χ3v) is 5.62. The molecule has 1 aliphatic rings. The third-order valence-electron chi connectivity index (χ3n) is 5.37. The fraction of sp³-hybridized carbons (Fsp3) is 0.476. The first-order valence-electron chi connectivity index (χ1n) is 9.71. The van der Waals surface area contributed by atoms with E-state index in [0.29, 0.717) is 29.2 Å². The molecule has 0 bridgehead atoms. The van der Waals surface area contributed by atoms with Crippen molar-refractivity contribution in [2.24, 2.45) is 18.0 Å². The zero-order valence-electron chi connectivity index (χ0n) is 16.3. The molecule has 0 fully saturated rings. The van der Waals surface area contributed by atoms with Gasteiger partial charge in [-0.3, -0.25) is 13.9 Å². The van der Waals surface area contributed by atoms with Crippen LogP contribution in [-0.2, 0) is 26.4 Å². The molecule has 2 aromatic rings. The number of fused-ring (bicyclic) bond motifs is 1. The number of halogens is 1. The van der Waals surface area contributed by atoms with Crippen molar-refractivity contribution in [2.75, 3.05) is 6.61 Å². The van der Waals surface area contributed by atoms with E-state index in [1.165, 1.54) is 14.7 Å². The van der Waals surface area contributed by atoms with Crippen molar-refractivity contribution < 1.29 is 5.11 Å². The quantitative estimate of drug-likeness (QED) is 0.805. The fourth-order valence-electron chi connectivity index (χ4n) is 3.81. The molecule has 150 valence electrons. The molecular weight excluding hydrogens is 378 g/mol. The zero-order valence-corrected chi connectivity index (χ0v) is 17.1. The number of aliphatic imine (C=N–C) groups is 1. The first-order chi connectivity index (χ1) is 13.5. The van der Waals surface area contributed by atoms with Gasteiger partial charge in [0.25, 0.3) is 5.56 Å². The lowest BCUT2D eigenvalue weighted by Gasteiger charge is -2.16. The molecule has 6 nitrogen and oxygen atoms in total. The number of rotatable bonds is 6.